The Labute approximate surface area is 177 Å². The Morgan fingerprint density at radius 1 is 1.17 bits per heavy atom. The highest BCUT2D eigenvalue weighted by molar-refractivity contribution is 5.64. The fraction of sp³-hybridized carbons (Fsp3) is 0.375. The molecular formula is C24H29FN4O. The molecule has 0 aliphatic carbocycles. The predicted octanol–water partition coefficient (Wildman–Crippen LogP) is 4.13. The number of aryl methyl sites for hydroxylation is 1. The van der Waals surface area contributed by atoms with E-state index in [4.69, 9.17) is 9.84 Å². The van der Waals surface area contributed by atoms with E-state index in [0.29, 0.717) is 6.04 Å². The summed E-state index contributed by atoms with van der Waals surface area (Å²) in [5.41, 5.74) is 4.85. The Kier molecular flexibility index (Phi) is 5.88. The van der Waals surface area contributed by atoms with Gasteiger partial charge < -0.3 is 9.64 Å². The van der Waals surface area contributed by atoms with Gasteiger partial charge >= 0.3 is 0 Å². The van der Waals surface area contributed by atoms with Gasteiger partial charge in [-0.3, -0.25) is 4.90 Å². The first-order valence-corrected chi connectivity index (χ1v) is 10.4. The standard InChI is InChI=1S/C24H29FN4O/c1-17-7-5-6-8-22(17)29-16-20(15-28-12-11-27(3)18(2)14-28)24(26-29)19-9-10-23(30-4)21(25)13-19/h5-10,13,16,18H,11-12,14-15H2,1-4H3/t18-/m0/s1. The molecule has 1 atom stereocenters. The Hall–Kier alpha value is -2.70. The van der Waals surface area contributed by atoms with Crippen LogP contribution >= 0.6 is 0 Å². The van der Waals surface area contributed by atoms with Crippen molar-refractivity contribution >= 4 is 0 Å². The van der Waals surface area contributed by atoms with Gasteiger partial charge in [0.1, 0.15) is 0 Å². The molecule has 0 saturated carbocycles. The van der Waals surface area contributed by atoms with E-state index in [1.54, 1.807) is 6.07 Å². The highest BCUT2D eigenvalue weighted by Gasteiger charge is 2.23. The van der Waals surface area contributed by atoms with Crippen LogP contribution in [-0.4, -0.2) is 59.4 Å². The van der Waals surface area contributed by atoms with Crippen molar-refractivity contribution in [3.8, 4) is 22.7 Å². The Bertz CT molecular complexity index is 1030. The van der Waals surface area contributed by atoms with Gasteiger partial charge in [-0.1, -0.05) is 18.2 Å². The molecule has 1 saturated heterocycles. The summed E-state index contributed by atoms with van der Waals surface area (Å²) >= 11 is 0. The normalized spacial score (nSPS) is 18.0. The fourth-order valence-electron chi connectivity index (χ4n) is 4.03. The minimum atomic E-state index is -0.375. The molecule has 1 aromatic heterocycles. The van der Waals surface area contributed by atoms with E-state index in [1.165, 1.54) is 13.2 Å². The lowest BCUT2D eigenvalue weighted by atomic mass is 10.1. The first-order valence-electron chi connectivity index (χ1n) is 10.4. The lowest BCUT2D eigenvalue weighted by Gasteiger charge is -2.37. The average Bonchev–Trinajstić information content (AvgIpc) is 3.14. The van der Waals surface area contributed by atoms with Crippen LogP contribution < -0.4 is 4.74 Å². The summed E-state index contributed by atoms with van der Waals surface area (Å²) in [5, 5.41) is 4.88. The maximum atomic E-state index is 14.4. The van der Waals surface area contributed by atoms with Crippen LogP contribution in [0.4, 0.5) is 4.39 Å². The van der Waals surface area contributed by atoms with Crippen LogP contribution in [0.1, 0.15) is 18.1 Å². The lowest BCUT2D eigenvalue weighted by Crippen LogP contribution is -2.49. The molecule has 2 aromatic carbocycles. The SMILES string of the molecule is COc1ccc(-c2nn(-c3ccccc3C)cc2CN2CCN(C)[C@@H](C)C2)cc1F. The predicted molar refractivity (Wildman–Crippen MR) is 118 cm³/mol. The van der Waals surface area contributed by atoms with Gasteiger partial charge in [-0.25, -0.2) is 9.07 Å². The molecule has 0 radical (unpaired) electrons. The van der Waals surface area contributed by atoms with Crippen LogP contribution in [0.5, 0.6) is 5.75 Å². The van der Waals surface area contributed by atoms with Gasteiger partial charge in [-0.2, -0.15) is 5.10 Å². The zero-order valence-corrected chi connectivity index (χ0v) is 18.1. The number of aromatic nitrogens is 2. The second-order valence-corrected chi connectivity index (χ2v) is 8.15. The summed E-state index contributed by atoms with van der Waals surface area (Å²) in [6.45, 7) is 8.16. The molecule has 3 aromatic rings. The number of halogens is 1. The zero-order valence-electron chi connectivity index (χ0n) is 18.1. The monoisotopic (exact) mass is 408 g/mol. The molecule has 6 heteroatoms. The average molecular weight is 409 g/mol. The molecule has 4 rings (SSSR count). The molecule has 1 aliphatic rings. The second-order valence-electron chi connectivity index (χ2n) is 8.15. The van der Waals surface area contributed by atoms with Crippen LogP contribution in [-0.2, 0) is 6.54 Å². The lowest BCUT2D eigenvalue weighted by molar-refractivity contribution is 0.100. The van der Waals surface area contributed by atoms with Gasteiger partial charge in [0.15, 0.2) is 11.6 Å². The summed E-state index contributed by atoms with van der Waals surface area (Å²) in [4.78, 5) is 4.83. The quantitative estimate of drug-likeness (QED) is 0.636. The van der Waals surface area contributed by atoms with Crippen LogP contribution in [0.3, 0.4) is 0 Å². The number of piperazine rings is 1. The van der Waals surface area contributed by atoms with Crippen LogP contribution in [0.2, 0.25) is 0 Å². The summed E-state index contributed by atoms with van der Waals surface area (Å²) in [6.07, 6.45) is 2.09. The summed E-state index contributed by atoms with van der Waals surface area (Å²) in [5.74, 6) is -0.133. The van der Waals surface area contributed by atoms with Gasteiger partial charge in [0, 0.05) is 49.5 Å². The minimum absolute atomic E-state index is 0.242. The van der Waals surface area contributed by atoms with Gasteiger partial charge in [-0.05, 0) is 50.7 Å². The van der Waals surface area contributed by atoms with Crippen molar-refractivity contribution in [1.82, 2.24) is 19.6 Å². The Morgan fingerprint density at radius 3 is 2.67 bits per heavy atom. The Balaban J connectivity index is 1.73. The highest BCUT2D eigenvalue weighted by Crippen LogP contribution is 2.29. The van der Waals surface area contributed by atoms with E-state index in [9.17, 15) is 4.39 Å². The van der Waals surface area contributed by atoms with Crippen molar-refractivity contribution in [2.24, 2.45) is 0 Å². The van der Waals surface area contributed by atoms with Crippen molar-refractivity contribution in [3.63, 3.8) is 0 Å². The van der Waals surface area contributed by atoms with E-state index < -0.39 is 0 Å². The van der Waals surface area contributed by atoms with Gasteiger partial charge in [0.25, 0.3) is 0 Å². The molecule has 158 valence electrons. The smallest absolute Gasteiger partial charge is 0.165 e. The fourth-order valence-corrected chi connectivity index (χ4v) is 4.03. The molecule has 0 bridgehead atoms. The van der Waals surface area contributed by atoms with E-state index in [2.05, 4.69) is 49.0 Å². The Morgan fingerprint density at radius 2 is 1.97 bits per heavy atom. The summed E-state index contributed by atoms with van der Waals surface area (Å²) in [6, 6.07) is 13.7. The molecule has 5 nitrogen and oxygen atoms in total. The summed E-state index contributed by atoms with van der Waals surface area (Å²) in [7, 11) is 3.65. The van der Waals surface area contributed by atoms with Crippen LogP contribution in [0.15, 0.2) is 48.7 Å². The number of hydrogen-bond acceptors (Lipinski definition) is 4. The zero-order chi connectivity index (χ0) is 21.3. The van der Waals surface area contributed by atoms with E-state index in [-0.39, 0.29) is 11.6 Å². The van der Waals surface area contributed by atoms with Crippen molar-refractivity contribution in [2.75, 3.05) is 33.8 Å². The third-order valence-electron chi connectivity index (χ3n) is 6.02. The third-order valence-corrected chi connectivity index (χ3v) is 6.02. The molecule has 0 amide bonds. The molecule has 1 aliphatic heterocycles. The maximum Gasteiger partial charge on any atom is 0.165 e. The third kappa shape index (κ3) is 4.11. The van der Waals surface area contributed by atoms with Crippen molar-refractivity contribution in [1.29, 1.82) is 0 Å². The van der Waals surface area contributed by atoms with Crippen LogP contribution in [0.25, 0.3) is 16.9 Å². The number of methoxy groups -OCH3 is 1. The van der Waals surface area contributed by atoms with Crippen molar-refractivity contribution in [3.05, 3.63) is 65.6 Å². The van der Waals surface area contributed by atoms with Gasteiger partial charge in [0.05, 0.1) is 18.5 Å². The molecular weight excluding hydrogens is 379 g/mol. The van der Waals surface area contributed by atoms with E-state index in [1.807, 2.05) is 22.9 Å². The largest absolute Gasteiger partial charge is 0.494 e. The molecule has 2 heterocycles. The van der Waals surface area contributed by atoms with Crippen molar-refractivity contribution < 1.29 is 9.13 Å². The van der Waals surface area contributed by atoms with Crippen molar-refractivity contribution in [2.45, 2.75) is 26.4 Å². The molecule has 0 N–H and O–H groups in total. The highest BCUT2D eigenvalue weighted by atomic mass is 19.1. The number of likely N-dealkylation sites (N-methyl/N-ethyl adjacent to an activating group) is 1. The number of ether oxygens (including phenoxy) is 1. The van der Waals surface area contributed by atoms with E-state index >= 15 is 0 Å². The van der Waals surface area contributed by atoms with E-state index in [0.717, 1.165) is 54.3 Å². The first-order chi connectivity index (χ1) is 14.5. The number of benzene rings is 2. The molecule has 0 spiro atoms. The van der Waals surface area contributed by atoms with Gasteiger partial charge in [0.2, 0.25) is 0 Å². The molecule has 0 unspecified atom stereocenters. The van der Waals surface area contributed by atoms with Crippen LogP contribution in [0, 0.1) is 12.7 Å². The number of rotatable bonds is 5. The number of nitrogens with zero attached hydrogens (tertiary/aromatic N) is 4. The second kappa shape index (κ2) is 8.58. The number of para-hydroxylation sites is 1. The molecule has 1 fully saturated rings. The maximum absolute atomic E-state index is 14.4. The molecule has 30 heavy (non-hydrogen) atoms. The topological polar surface area (TPSA) is 33.5 Å². The summed E-state index contributed by atoms with van der Waals surface area (Å²) < 4.78 is 21.4. The number of hydrogen-bond donors (Lipinski definition) is 0. The first kappa shape index (κ1) is 20.6. The van der Waals surface area contributed by atoms with Gasteiger partial charge in [-0.15, -0.1) is 0 Å². The minimum Gasteiger partial charge on any atom is -0.494 e.